The van der Waals surface area contributed by atoms with Gasteiger partial charge in [-0.1, -0.05) is 91.0 Å². The Labute approximate surface area is 252 Å². The smallest absolute Gasteiger partial charge is 0.332 e. The highest BCUT2D eigenvalue weighted by Crippen LogP contribution is 2.37. The summed E-state index contributed by atoms with van der Waals surface area (Å²) in [7, 11) is 0. The Morgan fingerprint density at radius 2 is 1.36 bits per heavy atom. The monoisotopic (exact) mass is 580 g/mol. The number of pyridine rings is 2. The van der Waals surface area contributed by atoms with Gasteiger partial charge in [0.1, 0.15) is 6.04 Å². The Bertz CT molecular complexity index is 2040. The lowest BCUT2D eigenvalue weighted by molar-refractivity contribution is -0.139. The van der Waals surface area contributed by atoms with Crippen LogP contribution in [-0.4, -0.2) is 41.0 Å². The molecular weight excluding hydrogens is 552 g/mol. The van der Waals surface area contributed by atoms with E-state index in [0.717, 1.165) is 16.7 Å². The molecule has 3 N–H and O–H groups in total. The molecule has 7 aromatic rings. The molecule has 0 aliphatic rings. The highest BCUT2D eigenvalue weighted by Gasteiger charge is 2.40. The molecule has 0 amide bonds. The summed E-state index contributed by atoms with van der Waals surface area (Å²) in [5.74, 6) is -0.994. The second-order valence-electron chi connectivity index (χ2n) is 10.6. The number of H-pyrrole nitrogens is 1. The predicted octanol–water partition coefficient (Wildman–Crippen LogP) is 4.94. The van der Waals surface area contributed by atoms with Crippen LogP contribution in [0.4, 0.5) is 0 Å². The van der Waals surface area contributed by atoms with E-state index in [-0.39, 0.29) is 12.1 Å². The van der Waals surface area contributed by atoms with Crippen LogP contribution in [0.1, 0.15) is 22.4 Å². The number of fused-ring (bicyclic) bond motifs is 2. The number of benzene rings is 3. The normalized spacial score (nSPS) is 12.5. The molecule has 0 bridgehead atoms. The number of aliphatic carboxylic acids is 1. The Hall–Kier alpha value is -5.80. The first-order chi connectivity index (χ1) is 21.6. The van der Waals surface area contributed by atoms with Gasteiger partial charge in [-0.05, 0) is 41.0 Å². The Balaban J connectivity index is 1.35. The number of nitrogens with zero attached hydrogens (tertiary/aromatic N) is 4. The second-order valence-corrected chi connectivity index (χ2v) is 10.6. The van der Waals surface area contributed by atoms with Crippen LogP contribution in [0.5, 0.6) is 0 Å². The van der Waals surface area contributed by atoms with Crippen molar-refractivity contribution in [2.45, 2.75) is 18.0 Å². The third-order valence-electron chi connectivity index (χ3n) is 8.02. The van der Waals surface area contributed by atoms with Crippen molar-refractivity contribution in [1.29, 1.82) is 0 Å². The van der Waals surface area contributed by atoms with Gasteiger partial charge in [0, 0.05) is 30.7 Å². The van der Waals surface area contributed by atoms with Gasteiger partial charge >= 0.3 is 11.7 Å². The molecule has 9 heteroatoms. The predicted molar refractivity (Wildman–Crippen MR) is 168 cm³/mol. The van der Waals surface area contributed by atoms with Gasteiger partial charge in [0.25, 0.3) is 0 Å². The molecule has 0 spiro atoms. The molecule has 9 nitrogen and oxygen atoms in total. The van der Waals surface area contributed by atoms with Gasteiger partial charge in [-0.25, -0.2) is 19.3 Å². The summed E-state index contributed by atoms with van der Waals surface area (Å²) in [5.41, 5.74) is 4.31. The first kappa shape index (κ1) is 27.1. The maximum Gasteiger partial charge on any atom is 0.332 e. The maximum absolute atomic E-state index is 13.0. The number of carboxylic acid groups (broad SMARTS) is 1. The van der Waals surface area contributed by atoms with E-state index >= 15 is 0 Å². The van der Waals surface area contributed by atoms with Crippen LogP contribution >= 0.6 is 0 Å². The van der Waals surface area contributed by atoms with E-state index in [1.54, 1.807) is 36.8 Å². The number of aromatic amines is 1. The van der Waals surface area contributed by atoms with E-state index in [2.05, 4.69) is 20.3 Å². The number of imidazole rings is 2. The zero-order chi connectivity index (χ0) is 30.1. The lowest BCUT2D eigenvalue weighted by atomic mass is 9.76. The molecule has 4 aromatic heterocycles. The van der Waals surface area contributed by atoms with Crippen molar-refractivity contribution in [3.05, 3.63) is 167 Å². The summed E-state index contributed by atoms with van der Waals surface area (Å²) in [6.07, 6.45) is 5.18. The van der Waals surface area contributed by atoms with Crippen molar-refractivity contribution in [3.8, 4) is 5.69 Å². The quantitative estimate of drug-likeness (QED) is 0.208. The molecule has 1 atom stereocenters. The molecule has 7 rings (SSSR count). The fraction of sp³-hybridized carbons (Fsp3) is 0.0857. The van der Waals surface area contributed by atoms with Crippen molar-refractivity contribution in [1.82, 2.24) is 29.2 Å². The average molecular weight is 581 g/mol. The average Bonchev–Trinajstić information content (AvgIpc) is 3.69. The minimum atomic E-state index is -1.01. The van der Waals surface area contributed by atoms with E-state index in [4.69, 9.17) is 0 Å². The number of hydrogen-bond acceptors (Lipinski definition) is 5. The lowest BCUT2D eigenvalue weighted by Crippen LogP contribution is -2.53. The van der Waals surface area contributed by atoms with Gasteiger partial charge in [0.2, 0.25) is 0 Å². The third-order valence-corrected chi connectivity index (χ3v) is 8.02. The minimum Gasteiger partial charge on any atom is -0.480 e. The molecule has 4 heterocycles. The van der Waals surface area contributed by atoms with Gasteiger partial charge in [0.15, 0.2) is 11.3 Å². The van der Waals surface area contributed by atoms with Gasteiger partial charge in [0.05, 0.1) is 16.7 Å². The molecule has 0 saturated carbocycles. The zero-order valence-corrected chi connectivity index (χ0v) is 23.5. The van der Waals surface area contributed by atoms with Gasteiger partial charge in [-0.2, -0.15) is 0 Å². The number of rotatable bonds is 9. The summed E-state index contributed by atoms with van der Waals surface area (Å²) in [4.78, 5) is 37.8. The van der Waals surface area contributed by atoms with Crippen LogP contribution in [0, 0.1) is 0 Å². The van der Waals surface area contributed by atoms with Gasteiger partial charge < -0.3 is 14.5 Å². The van der Waals surface area contributed by atoms with Crippen LogP contribution in [0.15, 0.2) is 139 Å². The van der Waals surface area contributed by atoms with Crippen molar-refractivity contribution in [2.75, 3.05) is 0 Å². The Morgan fingerprint density at radius 3 is 1.95 bits per heavy atom. The van der Waals surface area contributed by atoms with Crippen LogP contribution in [0.3, 0.4) is 0 Å². The fourth-order valence-corrected chi connectivity index (χ4v) is 6.04. The van der Waals surface area contributed by atoms with E-state index < -0.39 is 17.6 Å². The molecular formula is C35H28N6O3. The summed E-state index contributed by atoms with van der Waals surface area (Å²) in [5, 5.41) is 14.3. The first-order valence-electron chi connectivity index (χ1n) is 14.2. The molecule has 0 fully saturated rings. The Morgan fingerprint density at radius 1 is 0.773 bits per heavy atom. The van der Waals surface area contributed by atoms with Crippen LogP contribution < -0.4 is 11.0 Å². The number of carboxylic acids is 1. The number of hydrogen-bond donors (Lipinski definition) is 3. The molecule has 3 aromatic carbocycles. The van der Waals surface area contributed by atoms with Crippen molar-refractivity contribution < 1.29 is 9.90 Å². The topological polar surface area (TPSA) is 117 Å². The molecule has 0 unspecified atom stereocenters. The van der Waals surface area contributed by atoms with Gasteiger partial charge in [-0.15, -0.1) is 0 Å². The first-order valence-corrected chi connectivity index (χ1v) is 14.2. The molecule has 216 valence electrons. The zero-order valence-electron chi connectivity index (χ0n) is 23.5. The largest absolute Gasteiger partial charge is 0.480 e. The number of nitrogens with one attached hydrogen (secondary N) is 2. The highest BCUT2D eigenvalue weighted by atomic mass is 16.4. The van der Waals surface area contributed by atoms with E-state index in [1.807, 2.05) is 101 Å². The summed E-state index contributed by atoms with van der Waals surface area (Å²) in [6, 6.07) is 35.9. The van der Waals surface area contributed by atoms with Crippen molar-refractivity contribution in [3.63, 3.8) is 0 Å². The molecule has 0 aliphatic carbocycles. The molecule has 0 saturated heterocycles. The minimum absolute atomic E-state index is 0.137. The van der Waals surface area contributed by atoms with Crippen molar-refractivity contribution in [2.24, 2.45) is 0 Å². The summed E-state index contributed by atoms with van der Waals surface area (Å²) >= 11 is 0. The van der Waals surface area contributed by atoms with E-state index in [9.17, 15) is 14.7 Å². The van der Waals surface area contributed by atoms with Crippen LogP contribution in [0.25, 0.3) is 22.5 Å². The molecule has 0 radical (unpaired) electrons. The van der Waals surface area contributed by atoms with Crippen molar-refractivity contribution >= 4 is 22.8 Å². The standard InChI is InChI=1S/C35H28N6O3/c42-33(43)29(39-35(24-11-4-1-5-12-24,25-13-6-2-7-14-25)26-15-8-3-9-16-26)23-27-18-19-30(32-37-21-22-40(27)32)41-31-28(38-34(41)44)17-10-20-36-31/h1-22,29,39H,23H2,(H,38,44)(H,42,43)/t29-/m0/s1. The number of aromatic nitrogens is 5. The fourth-order valence-electron chi connectivity index (χ4n) is 6.04. The van der Waals surface area contributed by atoms with Crippen LogP contribution in [0.2, 0.25) is 0 Å². The second kappa shape index (κ2) is 11.1. The molecule has 44 heavy (non-hydrogen) atoms. The maximum atomic E-state index is 13.0. The Kier molecular flexibility index (Phi) is 6.84. The van der Waals surface area contributed by atoms with Crippen LogP contribution in [-0.2, 0) is 16.8 Å². The SMILES string of the molecule is O=C(O)[C@H](Cc1ccc(-n2c(=O)[nH]c3cccnc32)c2nccn12)NC(c1ccccc1)(c1ccccc1)c1ccccc1. The third kappa shape index (κ3) is 4.56. The van der Waals surface area contributed by atoms with E-state index in [1.165, 1.54) is 4.57 Å². The van der Waals surface area contributed by atoms with E-state index in [0.29, 0.717) is 28.2 Å². The number of carbonyl (C=O) groups is 1. The highest BCUT2D eigenvalue weighted by molar-refractivity contribution is 5.76. The summed E-state index contributed by atoms with van der Waals surface area (Å²) < 4.78 is 3.32. The van der Waals surface area contributed by atoms with Gasteiger partial charge in [-0.3, -0.25) is 10.1 Å². The molecule has 0 aliphatic heterocycles. The summed E-state index contributed by atoms with van der Waals surface area (Å²) in [6.45, 7) is 0. The lowest BCUT2D eigenvalue weighted by Gasteiger charge is -2.39.